The molecule has 86 valence electrons. The summed E-state index contributed by atoms with van der Waals surface area (Å²) in [6.45, 7) is 5.16. The van der Waals surface area contributed by atoms with Crippen LogP contribution < -0.4 is 4.74 Å². The Morgan fingerprint density at radius 3 is 2.56 bits per heavy atom. The van der Waals surface area contributed by atoms with E-state index in [9.17, 15) is 0 Å². The molecular formula is C13H17NOS. The molecule has 0 saturated carbocycles. The van der Waals surface area contributed by atoms with Crippen LogP contribution in [-0.2, 0) is 0 Å². The maximum absolute atomic E-state index is 8.63. The minimum Gasteiger partial charge on any atom is -0.493 e. The Morgan fingerprint density at radius 2 is 2.00 bits per heavy atom. The van der Waals surface area contributed by atoms with E-state index < -0.39 is 0 Å². The number of benzene rings is 1. The highest BCUT2D eigenvalue weighted by Crippen LogP contribution is 2.13. The van der Waals surface area contributed by atoms with Crippen molar-refractivity contribution in [2.45, 2.75) is 13.8 Å². The Labute approximate surface area is 102 Å². The molecule has 0 unspecified atom stereocenters. The molecule has 16 heavy (non-hydrogen) atoms. The molecule has 0 aliphatic rings. The van der Waals surface area contributed by atoms with Crippen LogP contribution in [0.5, 0.6) is 5.75 Å². The van der Waals surface area contributed by atoms with Crippen molar-refractivity contribution in [3.8, 4) is 11.8 Å². The van der Waals surface area contributed by atoms with E-state index in [0.717, 1.165) is 24.0 Å². The lowest BCUT2D eigenvalue weighted by Gasteiger charge is -2.07. The average molecular weight is 235 g/mol. The third kappa shape index (κ3) is 5.09. The van der Waals surface area contributed by atoms with Crippen LogP contribution in [0.4, 0.5) is 0 Å². The van der Waals surface area contributed by atoms with E-state index in [1.54, 1.807) is 12.1 Å². The Morgan fingerprint density at radius 1 is 1.31 bits per heavy atom. The van der Waals surface area contributed by atoms with Gasteiger partial charge in [-0.25, -0.2) is 0 Å². The van der Waals surface area contributed by atoms with Gasteiger partial charge < -0.3 is 4.74 Å². The van der Waals surface area contributed by atoms with Gasteiger partial charge in [-0.2, -0.15) is 17.0 Å². The molecule has 0 amide bonds. The smallest absolute Gasteiger partial charge is 0.119 e. The first-order valence-corrected chi connectivity index (χ1v) is 6.58. The number of nitrogens with zero attached hydrogens (tertiary/aromatic N) is 1. The number of hydrogen-bond acceptors (Lipinski definition) is 3. The zero-order valence-corrected chi connectivity index (χ0v) is 10.6. The fraction of sp³-hybridized carbons (Fsp3) is 0.462. The van der Waals surface area contributed by atoms with Crippen LogP contribution in [0.3, 0.4) is 0 Å². The van der Waals surface area contributed by atoms with Gasteiger partial charge >= 0.3 is 0 Å². The molecule has 2 nitrogen and oxygen atoms in total. The summed E-state index contributed by atoms with van der Waals surface area (Å²) < 4.78 is 5.56. The summed E-state index contributed by atoms with van der Waals surface area (Å²) in [5.41, 5.74) is 0.668. The number of ether oxygens (including phenoxy) is 1. The van der Waals surface area contributed by atoms with Crippen LogP contribution in [-0.4, -0.2) is 18.1 Å². The summed E-state index contributed by atoms with van der Waals surface area (Å²) in [6.07, 6.45) is 0. The quantitative estimate of drug-likeness (QED) is 0.709. The van der Waals surface area contributed by atoms with E-state index in [2.05, 4.69) is 19.9 Å². The molecule has 1 aromatic rings. The molecule has 0 radical (unpaired) electrons. The molecule has 0 aromatic heterocycles. The van der Waals surface area contributed by atoms with Crippen LogP contribution in [0.2, 0.25) is 0 Å². The summed E-state index contributed by atoms with van der Waals surface area (Å²) in [5.74, 6) is 3.76. The zero-order chi connectivity index (χ0) is 11.8. The molecule has 0 heterocycles. The monoisotopic (exact) mass is 235 g/mol. The standard InChI is InChI=1S/C13H17NOS/c1-11(2)10-16-8-7-15-13-5-3-12(9-14)4-6-13/h3-6,11H,7-8,10H2,1-2H3. The van der Waals surface area contributed by atoms with Gasteiger partial charge in [0.05, 0.1) is 18.2 Å². The summed E-state index contributed by atoms with van der Waals surface area (Å²) in [4.78, 5) is 0. The lowest BCUT2D eigenvalue weighted by atomic mass is 10.2. The Hall–Kier alpha value is -1.14. The fourth-order valence-electron chi connectivity index (χ4n) is 1.16. The molecule has 1 aromatic carbocycles. The van der Waals surface area contributed by atoms with Crippen LogP contribution in [0, 0.1) is 17.2 Å². The summed E-state index contributed by atoms with van der Waals surface area (Å²) in [6, 6.07) is 9.31. The van der Waals surface area contributed by atoms with Gasteiger partial charge in [0.2, 0.25) is 0 Å². The molecule has 3 heteroatoms. The Balaban J connectivity index is 2.20. The highest BCUT2D eigenvalue weighted by Gasteiger charge is 1.96. The van der Waals surface area contributed by atoms with E-state index in [0.29, 0.717) is 5.56 Å². The molecule has 0 N–H and O–H groups in total. The van der Waals surface area contributed by atoms with Crippen LogP contribution in [0.25, 0.3) is 0 Å². The number of nitriles is 1. The first-order valence-electron chi connectivity index (χ1n) is 5.43. The second-order valence-corrected chi connectivity index (χ2v) is 5.10. The first-order chi connectivity index (χ1) is 7.72. The topological polar surface area (TPSA) is 33.0 Å². The fourth-order valence-corrected chi connectivity index (χ4v) is 2.00. The van der Waals surface area contributed by atoms with E-state index >= 15 is 0 Å². The van der Waals surface area contributed by atoms with Crippen LogP contribution >= 0.6 is 11.8 Å². The molecule has 0 atom stereocenters. The Kier molecular flexibility index (Phi) is 5.81. The average Bonchev–Trinajstić information content (AvgIpc) is 2.29. The van der Waals surface area contributed by atoms with Crippen LogP contribution in [0.15, 0.2) is 24.3 Å². The molecule has 0 spiro atoms. The second-order valence-electron chi connectivity index (χ2n) is 3.95. The third-order valence-corrected chi connectivity index (χ3v) is 3.29. The molecule has 0 saturated heterocycles. The van der Waals surface area contributed by atoms with Crippen molar-refractivity contribution >= 4 is 11.8 Å². The van der Waals surface area contributed by atoms with Gasteiger partial charge in [-0.15, -0.1) is 0 Å². The predicted molar refractivity (Wildman–Crippen MR) is 68.8 cm³/mol. The minimum atomic E-state index is 0.668. The van der Waals surface area contributed by atoms with Crippen molar-refractivity contribution in [3.05, 3.63) is 29.8 Å². The lowest BCUT2D eigenvalue weighted by molar-refractivity contribution is 0.344. The largest absolute Gasteiger partial charge is 0.493 e. The maximum Gasteiger partial charge on any atom is 0.119 e. The summed E-state index contributed by atoms with van der Waals surface area (Å²) >= 11 is 1.91. The van der Waals surface area contributed by atoms with Gasteiger partial charge in [0, 0.05) is 5.75 Å². The maximum atomic E-state index is 8.63. The van der Waals surface area contributed by atoms with Crippen LogP contribution in [0.1, 0.15) is 19.4 Å². The van der Waals surface area contributed by atoms with E-state index in [1.807, 2.05) is 23.9 Å². The van der Waals surface area contributed by atoms with Crippen molar-refractivity contribution in [1.29, 1.82) is 5.26 Å². The molecule has 0 aliphatic heterocycles. The molecule has 0 fully saturated rings. The highest BCUT2D eigenvalue weighted by atomic mass is 32.2. The van der Waals surface area contributed by atoms with Crippen molar-refractivity contribution < 1.29 is 4.74 Å². The van der Waals surface area contributed by atoms with Gasteiger partial charge in [0.25, 0.3) is 0 Å². The van der Waals surface area contributed by atoms with E-state index in [-0.39, 0.29) is 0 Å². The molecule has 0 aliphatic carbocycles. The summed E-state index contributed by atoms with van der Waals surface area (Å²) in [7, 11) is 0. The second kappa shape index (κ2) is 7.19. The molecule has 1 rings (SSSR count). The predicted octanol–water partition coefficient (Wildman–Crippen LogP) is 3.33. The van der Waals surface area contributed by atoms with E-state index in [1.165, 1.54) is 5.75 Å². The van der Waals surface area contributed by atoms with Gasteiger partial charge in [0.15, 0.2) is 0 Å². The number of rotatable bonds is 6. The Bertz CT molecular complexity index is 340. The highest BCUT2D eigenvalue weighted by molar-refractivity contribution is 7.99. The first kappa shape index (κ1) is 12.9. The van der Waals surface area contributed by atoms with Gasteiger partial charge in [0.1, 0.15) is 5.75 Å². The van der Waals surface area contributed by atoms with Crippen molar-refractivity contribution in [2.75, 3.05) is 18.1 Å². The minimum absolute atomic E-state index is 0.668. The molecule has 0 bridgehead atoms. The van der Waals surface area contributed by atoms with Gasteiger partial charge in [-0.3, -0.25) is 0 Å². The van der Waals surface area contributed by atoms with Crippen molar-refractivity contribution in [2.24, 2.45) is 5.92 Å². The molecular weight excluding hydrogens is 218 g/mol. The van der Waals surface area contributed by atoms with Crippen molar-refractivity contribution in [1.82, 2.24) is 0 Å². The third-order valence-electron chi connectivity index (χ3n) is 1.93. The SMILES string of the molecule is CC(C)CSCCOc1ccc(C#N)cc1. The van der Waals surface area contributed by atoms with Gasteiger partial charge in [-0.05, 0) is 35.9 Å². The normalized spacial score (nSPS) is 10.1. The zero-order valence-electron chi connectivity index (χ0n) is 9.77. The number of thioether (sulfide) groups is 1. The van der Waals surface area contributed by atoms with Crippen molar-refractivity contribution in [3.63, 3.8) is 0 Å². The van der Waals surface area contributed by atoms with Gasteiger partial charge in [-0.1, -0.05) is 13.8 Å². The number of hydrogen-bond donors (Lipinski definition) is 0. The van der Waals surface area contributed by atoms with E-state index in [4.69, 9.17) is 10.00 Å². The lowest BCUT2D eigenvalue weighted by Crippen LogP contribution is -2.02. The summed E-state index contributed by atoms with van der Waals surface area (Å²) in [5, 5.41) is 8.63.